The van der Waals surface area contributed by atoms with Crippen LogP contribution in [0.15, 0.2) is 17.0 Å². The van der Waals surface area contributed by atoms with Gasteiger partial charge in [-0.1, -0.05) is 13.3 Å². The molecule has 78 valence electrons. The first-order chi connectivity index (χ1) is 6.55. The Bertz CT molecular complexity index is 299. The third-order valence-corrected chi connectivity index (χ3v) is 2.58. The topological polar surface area (TPSA) is 37.8 Å². The molecule has 3 nitrogen and oxygen atoms in total. The molecule has 0 aliphatic carbocycles. The van der Waals surface area contributed by atoms with Crippen LogP contribution in [0.5, 0.6) is 0 Å². The predicted molar refractivity (Wildman–Crippen MR) is 62.3 cm³/mol. The molecule has 1 rings (SSSR count). The van der Waals surface area contributed by atoms with Gasteiger partial charge in [-0.15, -0.1) is 0 Å². The molecular weight excluding hydrogens is 242 g/mol. The summed E-state index contributed by atoms with van der Waals surface area (Å²) in [6.45, 7) is 6.52. The van der Waals surface area contributed by atoms with Crippen LogP contribution in [0.4, 0.5) is 5.82 Å². The van der Waals surface area contributed by atoms with Crippen molar-refractivity contribution in [2.24, 2.45) is 0 Å². The molecule has 1 heterocycles. The zero-order valence-electron chi connectivity index (χ0n) is 8.84. The van der Waals surface area contributed by atoms with E-state index in [1.165, 1.54) is 0 Å². The number of hydrogen-bond acceptors (Lipinski definition) is 3. The van der Waals surface area contributed by atoms with Crippen LogP contribution in [0.25, 0.3) is 0 Å². The van der Waals surface area contributed by atoms with Crippen LogP contribution in [0.2, 0.25) is 0 Å². The Balaban J connectivity index is 2.73. The molecule has 4 heteroatoms. The van der Waals surface area contributed by atoms with Gasteiger partial charge in [-0.3, -0.25) is 0 Å². The molecule has 0 saturated carbocycles. The van der Waals surface area contributed by atoms with Crippen LogP contribution < -0.4 is 5.32 Å². The maximum atomic E-state index is 4.18. The SMILES string of the molecule is CCCC(C)(C)Nc1ncncc1Br. The summed E-state index contributed by atoms with van der Waals surface area (Å²) in [6.07, 6.45) is 5.57. The van der Waals surface area contributed by atoms with E-state index in [9.17, 15) is 0 Å². The summed E-state index contributed by atoms with van der Waals surface area (Å²) < 4.78 is 0.907. The Labute approximate surface area is 93.5 Å². The van der Waals surface area contributed by atoms with E-state index in [0.717, 1.165) is 23.1 Å². The fraction of sp³-hybridized carbons (Fsp3) is 0.600. The normalized spacial score (nSPS) is 11.4. The monoisotopic (exact) mass is 257 g/mol. The highest BCUT2D eigenvalue weighted by Gasteiger charge is 2.17. The Morgan fingerprint density at radius 2 is 2.21 bits per heavy atom. The van der Waals surface area contributed by atoms with E-state index >= 15 is 0 Å². The van der Waals surface area contributed by atoms with Gasteiger partial charge >= 0.3 is 0 Å². The summed E-state index contributed by atoms with van der Waals surface area (Å²) in [4.78, 5) is 8.10. The first-order valence-electron chi connectivity index (χ1n) is 4.79. The highest BCUT2D eigenvalue weighted by Crippen LogP contribution is 2.23. The van der Waals surface area contributed by atoms with Crippen molar-refractivity contribution in [3.8, 4) is 0 Å². The second kappa shape index (κ2) is 4.73. The summed E-state index contributed by atoms with van der Waals surface area (Å²) in [7, 11) is 0. The molecule has 0 fully saturated rings. The number of halogens is 1. The number of rotatable bonds is 4. The fourth-order valence-electron chi connectivity index (χ4n) is 1.41. The van der Waals surface area contributed by atoms with E-state index in [-0.39, 0.29) is 5.54 Å². The van der Waals surface area contributed by atoms with Gasteiger partial charge in [0.15, 0.2) is 0 Å². The maximum Gasteiger partial charge on any atom is 0.144 e. The summed E-state index contributed by atoms with van der Waals surface area (Å²) in [5, 5.41) is 3.39. The Hall–Kier alpha value is -0.640. The summed E-state index contributed by atoms with van der Waals surface area (Å²) in [5.74, 6) is 0.860. The molecule has 0 aliphatic heterocycles. The van der Waals surface area contributed by atoms with Crippen molar-refractivity contribution in [3.63, 3.8) is 0 Å². The number of nitrogens with zero attached hydrogens (tertiary/aromatic N) is 2. The minimum Gasteiger partial charge on any atom is -0.364 e. The zero-order valence-corrected chi connectivity index (χ0v) is 10.4. The zero-order chi connectivity index (χ0) is 10.6. The lowest BCUT2D eigenvalue weighted by Gasteiger charge is -2.26. The molecule has 0 amide bonds. The van der Waals surface area contributed by atoms with Crippen LogP contribution in [0.3, 0.4) is 0 Å². The fourth-order valence-corrected chi connectivity index (χ4v) is 1.73. The van der Waals surface area contributed by atoms with Gasteiger partial charge in [-0.2, -0.15) is 0 Å². The Morgan fingerprint density at radius 1 is 1.50 bits per heavy atom. The van der Waals surface area contributed by atoms with Gasteiger partial charge in [0.1, 0.15) is 12.1 Å². The average Bonchev–Trinajstić information content (AvgIpc) is 2.08. The van der Waals surface area contributed by atoms with Crippen LogP contribution in [0.1, 0.15) is 33.6 Å². The molecule has 0 radical (unpaired) electrons. The second-order valence-corrected chi connectivity index (χ2v) is 4.83. The number of hydrogen-bond donors (Lipinski definition) is 1. The van der Waals surface area contributed by atoms with Gasteiger partial charge in [-0.25, -0.2) is 9.97 Å². The molecule has 0 unspecified atom stereocenters. The van der Waals surface area contributed by atoms with Crippen LogP contribution >= 0.6 is 15.9 Å². The van der Waals surface area contributed by atoms with Crippen molar-refractivity contribution in [2.75, 3.05) is 5.32 Å². The molecule has 0 bridgehead atoms. The van der Waals surface area contributed by atoms with Crippen molar-refractivity contribution >= 4 is 21.7 Å². The molecule has 1 N–H and O–H groups in total. The van der Waals surface area contributed by atoms with Gasteiger partial charge in [0.25, 0.3) is 0 Å². The molecule has 0 saturated heterocycles. The van der Waals surface area contributed by atoms with Gasteiger partial charge in [0.05, 0.1) is 4.47 Å². The third-order valence-electron chi connectivity index (χ3n) is 2.00. The standard InChI is InChI=1S/C10H16BrN3/c1-4-5-10(2,3)14-9-8(11)6-12-7-13-9/h6-7H,4-5H2,1-3H3,(H,12,13,14). The number of nitrogens with one attached hydrogen (secondary N) is 1. The van der Waals surface area contributed by atoms with Crippen molar-refractivity contribution < 1.29 is 0 Å². The van der Waals surface area contributed by atoms with Gasteiger partial charge in [0, 0.05) is 11.7 Å². The molecule has 0 spiro atoms. The van der Waals surface area contributed by atoms with Crippen molar-refractivity contribution in [1.82, 2.24) is 9.97 Å². The summed E-state index contributed by atoms with van der Waals surface area (Å²) in [5.41, 5.74) is 0.0750. The van der Waals surface area contributed by atoms with Gasteiger partial charge in [0.2, 0.25) is 0 Å². The number of aromatic nitrogens is 2. The van der Waals surface area contributed by atoms with E-state index in [1.54, 1.807) is 12.5 Å². The van der Waals surface area contributed by atoms with E-state index in [4.69, 9.17) is 0 Å². The summed E-state index contributed by atoms with van der Waals surface area (Å²) in [6, 6.07) is 0. The molecule has 14 heavy (non-hydrogen) atoms. The van der Waals surface area contributed by atoms with E-state index in [2.05, 4.69) is 52.0 Å². The van der Waals surface area contributed by atoms with Crippen LogP contribution in [-0.2, 0) is 0 Å². The van der Waals surface area contributed by atoms with Crippen molar-refractivity contribution in [2.45, 2.75) is 39.2 Å². The summed E-state index contributed by atoms with van der Waals surface area (Å²) >= 11 is 3.41. The lowest BCUT2D eigenvalue weighted by molar-refractivity contribution is 0.508. The molecule has 1 aromatic rings. The minimum atomic E-state index is 0.0750. The lowest BCUT2D eigenvalue weighted by atomic mass is 9.99. The van der Waals surface area contributed by atoms with E-state index in [1.807, 2.05) is 0 Å². The Kier molecular flexibility index (Phi) is 3.86. The predicted octanol–water partition coefficient (Wildman–Crippen LogP) is 3.23. The van der Waals surface area contributed by atoms with Crippen molar-refractivity contribution in [3.05, 3.63) is 17.0 Å². The first-order valence-corrected chi connectivity index (χ1v) is 5.58. The molecular formula is C10H16BrN3. The lowest BCUT2D eigenvalue weighted by Crippen LogP contribution is -2.31. The quantitative estimate of drug-likeness (QED) is 0.900. The van der Waals surface area contributed by atoms with Crippen LogP contribution in [0, 0.1) is 0 Å². The minimum absolute atomic E-state index is 0.0750. The highest BCUT2D eigenvalue weighted by molar-refractivity contribution is 9.10. The molecule has 0 aromatic carbocycles. The third kappa shape index (κ3) is 3.25. The van der Waals surface area contributed by atoms with Crippen LogP contribution in [-0.4, -0.2) is 15.5 Å². The average molecular weight is 258 g/mol. The molecule has 0 aliphatic rings. The second-order valence-electron chi connectivity index (χ2n) is 3.98. The maximum absolute atomic E-state index is 4.18. The van der Waals surface area contributed by atoms with E-state index < -0.39 is 0 Å². The first kappa shape index (κ1) is 11.4. The molecule has 1 aromatic heterocycles. The van der Waals surface area contributed by atoms with Crippen molar-refractivity contribution in [1.29, 1.82) is 0 Å². The molecule has 0 atom stereocenters. The van der Waals surface area contributed by atoms with Gasteiger partial charge < -0.3 is 5.32 Å². The van der Waals surface area contributed by atoms with E-state index in [0.29, 0.717) is 0 Å². The Morgan fingerprint density at radius 3 is 2.79 bits per heavy atom. The highest BCUT2D eigenvalue weighted by atomic mass is 79.9. The smallest absolute Gasteiger partial charge is 0.144 e. The number of anilines is 1. The largest absolute Gasteiger partial charge is 0.364 e. The van der Waals surface area contributed by atoms with Gasteiger partial charge in [-0.05, 0) is 36.2 Å².